The van der Waals surface area contributed by atoms with E-state index in [9.17, 15) is 9.59 Å². The van der Waals surface area contributed by atoms with E-state index < -0.39 is 36.0 Å². The normalized spacial score (nSPS) is 39.9. The van der Waals surface area contributed by atoms with Gasteiger partial charge in [-0.1, -0.05) is 24.3 Å². The summed E-state index contributed by atoms with van der Waals surface area (Å²) in [6.45, 7) is 0. The van der Waals surface area contributed by atoms with E-state index in [1.807, 2.05) is 0 Å². The second kappa shape index (κ2) is 4.13. The molecule has 0 amide bonds. The van der Waals surface area contributed by atoms with Crippen molar-refractivity contribution in [2.75, 3.05) is 14.2 Å². The van der Waals surface area contributed by atoms with E-state index in [0.29, 0.717) is 11.1 Å². The van der Waals surface area contributed by atoms with Gasteiger partial charge in [-0.25, -0.2) is 0 Å². The summed E-state index contributed by atoms with van der Waals surface area (Å²) in [6.07, 6.45) is -1.58. The van der Waals surface area contributed by atoms with Crippen LogP contribution in [0.15, 0.2) is 24.3 Å². The van der Waals surface area contributed by atoms with Crippen molar-refractivity contribution in [2.45, 2.75) is 18.2 Å². The third kappa shape index (κ3) is 1.37. The van der Waals surface area contributed by atoms with Gasteiger partial charge >= 0.3 is 5.97 Å². The number of esters is 1. The molecule has 0 radical (unpaired) electrons. The molecule has 0 aliphatic carbocycles. The van der Waals surface area contributed by atoms with Crippen molar-refractivity contribution in [2.24, 2.45) is 11.8 Å². The molecule has 2 fully saturated rings. The van der Waals surface area contributed by atoms with Gasteiger partial charge in [-0.3, -0.25) is 9.59 Å². The summed E-state index contributed by atoms with van der Waals surface area (Å²) in [5, 5.41) is 0. The topological polar surface area (TPSA) is 71.1 Å². The number of carbonyl (C=O) groups is 2. The molecular formula is C15H14O6. The molecular weight excluding hydrogens is 276 g/mol. The predicted molar refractivity (Wildman–Crippen MR) is 68.2 cm³/mol. The van der Waals surface area contributed by atoms with Crippen LogP contribution in [0, 0.1) is 11.8 Å². The van der Waals surface area contributed by atoms with Gasteiger partial charge in [0.1, 0.15) is 12.0 Å². The summed E-state index contributed by atoms with van der Waals surface area (Å²) in [6, 6.07) is 7.06. The van der Waals surface area contributed by atoms with Crippen LogP contribution in [0.2, 0.25) is 0 Å². The summed E-state index contributed by atoms with van der Waals surface area (Å²) in [5.41, 5.74) is 1.11. The van der Waals surface area contributed by atoms with Gasteiger partial charge in [0.25, 0.3) is 0 Å². The Morgan fingerprint density at radius 3 is 2.67 bits per heavy atom. The second-order valence-corrected chi connectivity index (χ2v) is 5.42. The Balaban J connectivity index is 1.96. The Kier molecular flexibility index (Phi) is 2.54. The zero-order valence-electron chi connectivity index (χ0n) is 11.6. The molecule has 0 unspecified atom stereocenters. The van der Waals surface area contributed by atoms with Crippen LogP contribution < -0.4 is 0 Å². The van der Waals surface area contributed by atoms with Gasteiger partial charge in [-0.2, -0.15) is 0 Å². The van der Waals surface area contributed by atoms with E-state index in [0.717, 1.165) is 0 Å². The molecule has 0 aromatic heterocycles. The minimum Gasteiger partial charge on any atom is -0.435 e. The van der Waals surface area contributed by atoms with Crippen LogP contribution in [0.1, 0.15) is 15.9 Å². The Hall–Kier alpha value is -1.76. The SMILES string of the molecule is CO[C@@H]1OC(=O)[C@@H]2[C@H]1[C@H]1O[C@]2(OC)c2ccccc2C1=O. The summed E-state index contributed by atoms with van der Waals surface area (Å²) in [4.78, 5) is 24.9. The number of cyclic esters (lactones) is 1. The Morgan fingerprint density at radius 1 is 1.19 bits per heavy atom. The molecule has 0 spiro atoms. The standard InChI is InChI=1S/C15H14O6/c1-18-14-9-10(13(17)20-14)15(19-2)8-6-4-3-5-7(8)11(16)12(9)21-15/h3-6,9-10,12,14H,1-2H3/t9-,10-,12+,14+,15+/m0/s1. The number of fused-ring (bicyclic) bond motifs is 7. The van der Waals surface area contributed by atoms with Crippen LogP contribution in [-0.2, 0) is 29.5 Å². The summed E-state index contributed by atoms with van der Waals surface area (Å²) in [7, 11) is 2.92. The summed E-state index contributed by atoms with van der Waals surface area (Å²) < 4.78 is 21.9. The van der Waals surface area contributed by atoms with E-state index in [1.165, 1.54) is 14.2 Å². The van der Waals surface area contributed by atoms with Gasteiger partial charge < -0.3 is 18.9 Å². The highest BCUT2D eigenvalue weighted by atomic mass is 16.7. The molecule has 0 N–H and O–H groups in total. The Bertz CT molecular complexity index is 641. The minimum absolute atomic E-state index is 0.161. The predicted octanol–water partition coefficient (Wildman–Crippen LogP) is 0.843. The third-order valence-electron chi connectivity index (χ3n) is 4.61. The minimum atomic E-state index is -1.27. The molecule has 0 saturated carbocycles. The Morgan fingerprint density at radius 2 is 1.95 bits per heavy atom. The van der Waals surface area contributed by atoms with E-state index >= 15 is 0 Å². The summed E-state index contributed by atoms with van der Waals surface area (Å²) in [5.74, 6) is -3.09. The maximum atomic E-state index is 12.6. The molecule has 1 aromatic carbocycles. The largest absolute Gasteiger partial charge is 0.435 e. The van der Waals surface area contributed by atoms with Gasteiger partial charge in [0.2, 0.25) is 12.1 Å². The molecule has 1 aromatic rings. The highest BCUT2D eigenvalue weighted by molar-refractivity contribution is 6.04. The lowest BCUT2D eigenvalue weighted by atomic mass is 9.86. The molecule has 21 heavy (non-hydrogen) atoms. The molecule has 3 heterocycles. The van der Waals surface area contributed by atoms with E-state index in [4.69, 9.17) is 18.9 Å². The van der Waals surface area contributed by atoms with Crippen LogP contribution >= 0.6 is 0 Å². The number of carbonyl (C=O) groups excluding carboxylic acids is 2. The lowest BCUT2D eigenvalue weighted by molar-refractivity contribution is -0.243. The molecule has 6 heteroatoms. The number of Topliss-reactive ketones (excluding diaryl/α,β-unsaturated/α-hetero) is 1. The third-order valence-corrected chi connectivity index (χ3v) is 4.61. The molecule has 2 saturated heterocycles. The van der Waals surface area contributed by atoms with Crippen molar-refractivity contribution in [3.8, 4) is 0 Å². The number of ether oxygens (including phenoxy) is 4. The Labute approximate surface area is 120 Å². The highest BCUT2D eigenvalue weighted by Crippen LogP contribution is 2.57. The first kappa shape index (κ1) is 12.9. The van der Waals surface area contributed by atoms with Gasteiger partial charge in [0.05, 0.1) is 5.92 Å². The smallest absolute Gasteiger partial charge is 0.317 e. The zero-order valence-corrected chi connectivity index (χ0v) is 11.6. The second-order valence-electron chi connectivity index (χ2n) is 5.42. The van der Waals surface area contributed by atoms with Gasteiger partial charge in [-0.05, 0) is 0 Å². The van der Waals surface area contributed by atoms with Gasteiger partial charge in [0.15, 0.2) is 5.78 Å². The van der Waals surface area contributed by atoms with Crippen molar-refractivity contribution >= 4 is 11.8 Å². The molecule has 2 bridgehead atoms. The zero-order chi connectivity index (χ0) is 14.8. The highest BCUT2D eigenvalue weighted by Gasteiger charge is 2.71. The van der Waals surface area contributed by atoms with Crippen LogP contribution in [0.25, 0.3) is 0 Å². The number of benzene rings is 1. The van der Waals surface area contributed by atoms with Crippen LogP contribution in [-0.4, -0.2) is 38.4 Å². The number of methoxy groups -OCH3 is 2. The van der Waals surface area contributed by atoms with Crippen molar-refractivity contribution in [3.63, 3.8) is 0 Å². The van der Waals surface area contributed by atoms with Crippen LogP contribution in [0.5, 0.6) is 0 Å². The monoisotopic (exact) mass is 290 g/mol. The van der Waals surface area contributed by atoms with E-state index in [1.54, 1.807) is 24.3 Å². The molecule has 5 atom stereocenters. The number of hydrogen-bond donors (Lipinski definition) is 0. The quantitative estimate of drug-likeness (QED) is 0.752. The van der Waals surface area contributed by atoms with Gasteiger partial charge in [-0.15, -0.1) is 0 Å². The van der Waals surface area contributed by atoms with Crippen molar-refractivity contribution in [1.82, 2.24) is 0 Å². The fourth-order valence-corrected chi connectivity index (χ4v) is 3.75. The average Bonchev–Trinajstić information content (AvgIpc) is 3.01. The fraction of sp³-hybridized carbons (Fsp3) is 0.467. The van der Waals surface area contributed by atoms with Crippen molar-refractivity contribution < 1.29 is 28.5 Å². The first-order valence-electron chi connectivity index (χ1n) is 6.74. The average molecular weight is 290 g/mol. The lowest BCUT2D eigenvalue weighted by Gasteiger charge is -2.35. The lowest BCUT2D eigenvalue weighted by Crippen LogP contribution is -2.43. The molecule has 3 aliphatic rings. The molecule has 4 rings (SSSR count). The van der Waals surface area contributed by atoms with Crippen molar-refractivity contribution in [3.05, 3.63) is 35.4 Å². The fourth-order valence-electron chi connectivity index (χ4n) is 3.75. The van der Waals surface area contributed by atoms with Crippen LogP contribution in [0.3, 0.4) is 0 Å². The maximum absolute atomic E-state index is 12.6. The number of hydrogen-bond acceptors (Lipinski definition) is 6. The van der Waals surface area contributed by atoms with E-state index in [-0.39, 0.29) is 5.78 Å². The molecule has 3 aliphatic heterocycles. The van der Waals surface area contributed by atoms with Crippen LogP contribution in [0.4, 0.5) is 0 Å². The summed E-state index contributed by atoms with van der Waals surface area (Å²) >= 11 is 0. The number of ketones is 1. The van der Waals surface area contributed by atoms with Crippen molar-refractivity contribution in [1.29, 1.82) is 0 Å². The first-order valence-corrected chi connectivity index (χ1v) is 6.74. The maximum Gasteiger partial charge on any atom is 0.317 e. The molecule has 110 valence electrons. The van der Waals surface area contributed by atoms with Gasteiger partial charge in [0, 0.05) is 25.3 Å². The first-order chi connectivity index (χ1) is 10.1. The van der Waals surface area contributed by atoms with E-state index in [2.05, 4.69) is 0 Å². The molecule has 6 nitrogen and oxygen atoms in total. The number of rotatable bonds is 2.